The SMILES string of the molecule is c1ccc(-c2ccc3c4ccccc4n(-c4cc(-c5cc(-c6ccc7c(c6)C6(c8ccccc8-c8ccccc86)c6ccccc6-7)nc(-c6ccccc6)n5)cc(-c5cc6ccccc6c6ccccc56)c4)c3c2)cc1. The second-order valence-electron chi connectivity index (χ2n) is 20.4. The van der Waals surface area contributed by atoms with Crippen molar-refractivity contribution in [3.8, 4) is 84.1 Å². The number of para-hydroxylation sites is 1. The standard InChI is InChI=1S/C73H45N3/c1-3-19-46(20-4-1)48-35-38-62-61-30-14-18-34-70(61)76(71(62)44-48)53-40-51(63-42-49-23-7-8-24-54(49)55-25-9-10-26-56(55)63)39-52(41-53)69-45-68(74-72(75-69)47-21-5-2-6-22-47)50-36-37-60-59-29-13-17-33-66(59)73(67(60)43-50)64-31-15-11-27-57(64)58-28-12-16-32-65(58)73/h1-45H. The van der Waals surface area contributed by atoms with Gasteiger partial charge in [-0.2, -0.15) is 0 Å². The highest BCUT2D eigenvalue weighted by Crippen LogP contribution is 2.63. The molecule has 2 aliphatic carbocycles. The Bertz CT molecular complexity index is 4640. The number of benzene rings is 12. The highest BCUT2D eigenvalue weighted by Gasteiger charge is 2.51. The van der Waals surface area contributed by atoms with Crippen LogP contribution >= 0.6 is 0 Å². The maximum atomic E-state index is 5.56. The summed E-state index contributed by atoms with van der Waals surface area (Å²) in [6.07, 6.45) is 0. The summed E-state index contributed by atoms with van der Waals surface area (Å²) in [4.78, 5) is 11.1. The minimum Gasteiger partial charge on any atom is -0.309 e. The van der Waals surface area contributed by atoms with Crippen molar-refractivity contribution in [1.82, 2.24) is 14.5 Å². The molecule has 0 N–H and O–H groups in total. The van der Waals surface area contributed by atoms with Crippen LogP contribution in [0, 0.1) is 0 Å². The Labute approximate surface area is 440 Å². The quantitative estimate of drug-likeness (QED) is 0.156. The van der Waals surface area contributed by atoms with Crippen molar-refractivity contribution in [3.63, 3.8) is 0 Å². The monoisotopic (exact) mass is 963 g/mol. The van der Waals surface area contributed by atoms with Gasteiger partial charge in [0.05, 0.1) is 27.8 Å². The summed E-state index contributed by atoms with van der Waals surface area (Å²) in [7, 11) is 0. The second-order valence-corrected chi connectivity index (χ2v) is 20.4. The number of hydrogen-bond acceptors (Lipinski definition) is 2. The fourth-order valence-electron chi connectivity index (χ4n) is 13.1. The van der Waals surface area contributed by atoms with E-state index in [4.69, 9.17) is 9.97 Å². The van der Waals surface area contributed by atoms with E-state index in [9.17, 15) is 0 Å². The zero-order chi connectivity index (χ0) is 49.9. The molecular weight excluding hydrogens is 919 g/mol. The summed E-state index contributed by atoms with van der Waals surface area (Å²) < 4.78 is 2.46. The van der Waals surface area contributed by atoms with E-state index in [-0.39, 0.29) is 0 Å². The number of aromatic nitrogens is 3. The summed E-state index contributed by atoms with van der Waals surface area (Å²) in [6, 6.07) is 100. The molecule has 3 heteroatoms. The minimum absolute atomic E-state index is 0.484. The third kappa shape index (κ3) is 6.23. The average Bonchev–Trinajstić information content (AvgIpc) is 4.18. The predicted molar refractivity (Wildman–Crippen MR) is 315 cm³/mol. The molecule has 76 heavy (non-hydrogen) atoms. The largest absolute Gasteiger partial charge is 0.309 e. The van der Waals surface area contributed by atoms with Crippen LogP contribution in [0.3, 0.4) is 0 Å². The maximum Gasteiger partial charge on any atom is 0.160 e. The molecule has 2 heterocycles. The molecule has 12 aromatic carbocycles. The number of rotatable bonds is 6. The van der Waals surface area contributed by atoms with Gasteiger partial charge >= 0.3 is 0 Å². The van der Waals surface area contributed by atoms with Crippen LogP contribution in [0.15, 0.2) is 273 Å². The Kier molecular flexibility index (Phi) is 9.25. The molecule has 352 valence electrons. The fraction of sp³-hybridized carbons (Fsp3) is 0.0137. The highest BCUT2D eigenvalue weighted by atomic mass is 15.0. The fourth-order valence-corrected chi connectivity index (χ4v) is 13.1. The van der Waals surface area contributed by atoms with Crippen LogP contribution in [0.4, 0.5) is 0 Å². The van der Waals surface area contributed by atoms with Crippen LogP contribution in [0.1, 0.15) is 22.3 Å². The Morgan fingerprint density at radius 2 is 0.789 bits per heavy atom. The molecule has 3 nitrogen and oxygen atoms in total. The molecule has 16 rings (SSSR count). The lowest BCUT2D eigenvalue weighted by Gasteiger charge is -2.30. The number of fused-ring (bicyclic) bond motifs is 16. The molecule has 0 amide bonds. The highest BCUT2D eigenvalue weighted by molar-refractivity contribution is 6.15. The molecule has 0 saturated carbocycles. The van der Waals surface area contributed by atoms with Gasteiger partial charge in [-0.25, -0.2) is 9.97 Å². The Hall–Kier alpha value is -9.96. The van der Waals surface area contributed by atoms with Gasteiger partial charge in [0, 0.05) is 33.2 Å². The summed E-state index contributed by atoms with van der Waals surface area (Å²) in [5.41, 5.74) is 22.5. The Balaban J connectivity index is 0.968. The first-order valence-electron chi connectivity index (χ1n) is 26.2. The van der Waals surface area contributed by atoms with Crippen LogP contribution in [0.5, 0.6) is 0 Å². The van der Waals surface area contributed by atoms with Crippen molar-refractivity contribution >= 4 is 43.4 Å². The first-order valence-corrected chi connectivity index (χ1v) is 26.2. The smallest absolute Gasteiger partial charge is 0.160 e. The van der Waals surface area contributed by atoms with Crippen LogP contribution in [-0.2, 0) is 5.41 Å². The van der Waals surface area contributed by atoms with E-state index in [1.54, 1.807) is 0 Å². The normalized spacial score (nSPS) is 12.8. The number of nitrogens with zero attached hydrogens (tertiary/aromatic N) is 3. The molecule has 0 atom stereocenters. The summed E-state index contributed by atoms with van der Waals surface area (Å²) in [6.45, 7) is 0. The molecule has 2 aliphatic rings. The lowest BCUT2D eigenvalue weighted by atomic mass is 9.70. The van der Waals surface area contributed by atoms with Gasteiger partial charge in [0.1, 0.15) is 0 Å². The van der Waals surface area contributed by atoms with Gasteiger partial charge in [0.15, 0.2) is 5.82 Å². The zero-order valence-electron chi connectivity index (χ0n) is 41.3. The molecule has 0 saturated heterocycles. The molecule has 14 aromatic rings. The van der Waals surface area contributed by atoms with E-state index < -0.39 is 5.41 Å². The molecule has 0 radical (unpaired) electrons. The summed E-state index contributed by atoms with van der Waals surface area (Å²) in [5, 5.41) is 7.29. The van der Waals surface area contributed by atoms with Crippen molar-refractivity contribution in [3.05, 3.63) is 295 Å². The zero-order valence-corrected chi connectivity index (χ0v) is 41.3. The van der Waals surface area contributed by atoms with Crippen molar-refractivity contribution < 1.29 is 0 Å². The lowest BCUT2D eigenvalue weighted by Crippen LogP contribution is -2.25. The van der Waals surface area contributed by atoms with Crippen LogP contribution in [-0.4, -0.2) is 14.5 Å². The van der Waals surface area contributed by atoms with Crippen molar-refractivity contribution in [2.45, 2.75) is 5.41 Å². The summed E-state index contributed by atoms with van der Waals surface area (Å²) >= 11 is 0. The van der Waals surface area contributed by atoms with Crippen LogP contribution in [0.2, 0.25) is 0 Å². The molecule has 0 aliphatic heterocycles. The van der Waals surface area contributed by atoms with Crippen LogP contribution < -0.4 is 0 Å². The molecule has 0 unspecified atom stereocenters. The summed E-state index contributed by atoms with van der Waals surface area (Å²) in [5.74, 6) is 0.677. The van der Waals surface area contributed by atoms with E-state index in [0.717, 1.165) is 50.4 Å². The third-order valence-electron chi connectivity index (χ3n) is 16.4. The Morgan fingerprint density at radius 3 is 1.50 bits per heavy atom. The van der Waals surface area contributed by atoms with Crippen molar-refractivity contribution in [1.29, 1.82) is 0 Å². The molecule has 1 spiro atoms. The van der Waals surface area contributed by atoms with Gasteiger partial charge in [-0.3, -0.25) is 0 Å². The second kappa shape index (κ2) is 16.5. The minimum atomic E-state index is -0.484. The van der Waals surface area contributed by atoms with Gasteiger partial charge in [-0.1, -0.05) is 224 Å². The third-order valence-corrected chi connectivity index (χ3v) is 16.4. The van der Waals surface area contributed by atoms with Crippen molar-refractivity contribution in [2.75, 3.05) is 0 Å². The lowest BCUT2D eigenvalue weighted by molar-refractivity contribution is 0.794. The van der Waals surface area contributed by atoms with Gasteiger partial charge in [-0.05, 0) is 137 Å². The van der Waals surface area contributed by atoms with E-state index in [1.807, 2.05) is 0 Å². The first-order chi connectivity index (χ1) is 37.7. The van der Waals surface area contributed by atoms with Gasteiger partial charge < -0.3 is 4.57 Å². The average molecular weight is 964 g/mol. The van der Waals surface area contributed by atoms with Gasteiger partial charge in [-0.15, -0.1) is 0 Å². The molecule has 2 aromatic heterocycles. The van der Waals surface area contributed by atoms with Crippen molar-refractivity contribution in [2.24, 2.45) is 0 Å². The van der Waals surface area contributed by atoms with Gasteiger partial charge in [0.2, 0.25) is 0 Å². The van der Waals surface area contributed by atoms with E-state index in [1.165, 1.54) is 93.5 Å². The molecule has 0 fully saturated rings. The molecular formula is C73H45N3. The van der Waals surface area contributed by atoms with Gasteiger partial charge in [0.25, 0.3) is 0 Å². The van der Waals surface area contributed by atoms with Crippen LogP contribution in [0.25, 0.3) is 127 Å². The van der Waals surface area contributed by atoms with E-state index in [0.29, 0.717) is 5.82 Å². The molecule has 0 bridgehead atoms. The first kappa shape index (κ1) is 42.5. The maximum absolute atomic E-state index is 5.56. The van der Waals surface area contributed by atoms with E-state index in [2.05, 4.69) is 278 Å². The Morgan fingerprint density at radius 1 is 0.263 bits per heavy atom. The topological polar surface area (TPSA) is 30.7 Å². The van der Waals surface area contributed by atoms with E-state index >= 15 is 0 Å². The number of hydrogen-bond donors (Lipinski definition) is 0. The predicted octanol–water partition coefficient (Wildman–Crippen LogP) is 18.6.